The lowest BCUT2D eigenvalue weighted by atomic mass is 10.1. The van der Waals surface area contributed by atoms with E-state index < -0.39 is 24.2 Å². The molecule has 0 spiro atoms. The summed E-state index contributed by atoms with van der Waals surface area (Å²) in [6, 6.07) is 11.6. The van der Waals surface area contributed by atoms with Crippen LogP contribution >= 0.6 is 0 Å². The molecule has 1 aliphatic rings. The number of hydrogen-bond donors (Lipinski definition) is 3. The monoisotopic (exact) mass is 385 g/mol. The second-order valence-corrected chi connectivity index (χ2v) is 6.63. The van der Waals surface area contributed by atoms with Crippen LogP contribution in [0.2, 0.25) is 0 Å². The number of urea groups is 1. The minimum atomic E-state index is -1.16. The van der Waals surface area contributed by atoms with Gasteiger partial charge in [-0.2, -0.15) is 0 Å². The number of carboxylic acid groups (broad SMARTS) is 1. The Balaban J connectivity index is 1.73. The van der Waals surface area contributed by atoms with Gasteiger partial charge in [0.25, 0.3) is 5.91 Å². The molecular formula is C20H20FN3O4. The van der Waals surface area contributed by atoms with Crippen molar-refractivity contribution in [1.29, 1.82) is 0 Å². The zero-order valence-corrected chi connectivity index (χ0v) is 15.0. The Hall–Kier alpha value is -3.42. The molecule has 2 aromatic rings. The average Bonchev–Trinajstić information content (AvgIpc) is 3.46. The average molecular weight is 385 g/mol. The Morgan fingerprint density at radius 2 is 1.82 bits per heavy atom. The van der Waals surface area contributed by atoms with E-state index in [0.717, 1.165) is 17.7 Å². The lowest BCUT2D eigenvalue weighted by molar-refractivity contribution is -0.137. The highest BCUT2D eigenvalue weighted by Gasteiger charge is 2.23. The van der Waals surface area contributed by atoms with E-state index in [1.54, 1.807) is 18.2 Å². The van der Waals surface area contributed by atoms with E-state index in [4.69, 9.17) is 5.11 Å². The summed E-state index contributed by atoms with van der Waals surface area (Å²) in [6.45, 7) is -0.485. The SMILES string of the molecule is O=C(O)CN(Cc1ccc(F)cc1)C(=O)c1cccc(NC(=O)NC2CC2)c1. The lowest BCUT2D eigenvalue weighted by Crippen LogP contribution is -2.35. The van der Waals surface area contributed by atoms with Crippen LogP contribution in [0.15, 0.2) is 48.5 Å². The molecule has 0 atom stereocenters. The van der Waals surface area contributed by atoms with Crippen LogP contribution in [0.3, 0.4) is 0 Å². The molecule has 3 N–H and O–H groups in total. The van der Waals surface area contributed by atoms with Crippen LogP contribution < -0.4 is 10.6 Å². The number of aliphatic carboxylic acids is 1. The van der Waals surface area contributed by atoms with Crippen LogP contribution in [0.25, 0.3) is 0 Å². The molecular weight excluding hydrogens is 365 g/mol. The first-order valence-electron chi connectivity index (χ1n) is 8.84. The van der Waals surface area contributed by atoms with Crippen LogP contribution in [0.4, 0.5) is 14.9 Å². The molecule has 1 fully saturated rings. The molecule has 0 aliphatic heterocycles. The van der Waals surface area contributed by atoms with Gasteiger partial charge in [-0.1, -0.05) is 18.2 Å². The van der Waals surface area contributed by atoms with Crippen LogP contribution in [-0.2, 0) is 11.3 Å². The van der Waals surface area contributed by atoms with Gasteiger partial charge in [-0.25, -0.2) is 9.18 Å². The van der Waals surface area contributed by atoms with E-state index >= 15 is 0 Å². The maximum Gasteiger partial charge on any atom is 0.323 e. The number of benzene rings is 2. The van der Waals surface area contributed by atoms with Crippen molar-refractivity contribution < 1.29 is 23.9 Å². The van der Waals surface area contributed by atoms with Gasteiger partial charge in [-0.3, -0.25) is 9.59 Å². The Morgan fingerprint density at radius 1 is 1.11 bits per heavy atom. The summed E-state index contributed by atoms with van der Waals surface area (Å²) in [4.78, 5) is 37.0. The van der Waals surface area contributed by atoms with E-state index in [1.807, 2.05) is 0 Å². The van der Waals surface area contributed by atoms with Gasteiger partial charge in [0.15, 0.2) is 0 Å². The molecule has 8 heteroatoms. The molecule has 28 heavy (non-hydrogen) atoms. The third-order valence-corrected chi connectivity index (χ3v) is 4.18. The number of amides is 3. The largest absolute Gasteiger partial charge is 0.480 e. The summed E-state index contributed by atoms with van der Waals surface area (Å²) >= 11 is 0. The molecule has 3 rings (SSSR count). The molecule has 0 saturated heterocycles. The minimum Gasteiger partial charge on any atom is -0.480 e. The van der Waals surface area contributed by atoms with Crippen molar-refractivity contribution >= 4 is 23.6 Å². The van der Waals surface area contributed by atoms with Gasteiger partial charge in [-0.15, -0.1) is 0 Å². The molecule has 2 aromatic carbocycles. The number of carbonyl (C=O) groups excluding carboxylic acids is 2. The van der Waals surface area contributed by atoms with E-state index in [1.165, 1.54) is 30.3 Å². The molecule has 0 aromatic heterocycles. The first kappa shape index (κ1) is 19.3. The molecule has 146 valence electrons. The fourth-order valence-electron chi connectivity index (χ4n) is 2.67. The number of halogens is 1. The fraction of sp³-hybridized carbons (Fsp3) is 0.250. The van der Waals surface area contributed by atoms with E-state index in [-0.39, 0.29) is 24.2 Å². The Labute approximate surface area is 161 Å². The predicted molar refractivity (Wildman–Crippen MR) is 100 cm³/mol. The number of carboxylic acids is 1. The summed E-state index contributed by atoms with van der Waals surface area (Å²) < 4.78 is 13.1. The van der Waals surface area contributed by atoms with E-state index in [2.05, 4.69) is 10.6 Å². The number of anilines is 1. The van der Waals surface area contributed by atoms with Crippen molar-refractivity contribution in [2.75, 3.05) is 11.9 Å². The minimum absolute atomic E-state index is 0.0191. The van der Waals surface area contributed by atoms with Crippen LogP contribution in [0.5, 0.6) is 0 Å². The summed E-state index contributed by atoms with van der Waals surface area (Å²) in [5, 5.41) is 14.6. The molecule has 0 bridgehead atoms. The molecule has 7 nitrogen and oxygen atoms in total. The van der Waals surface area contributed by atoms with E-state index in [0.29, 0.717) is 11.3 Å². The van der Waals surface area contributed by atoms with Crippen LogP contribution in [0.1, 0.15) is 28.8 Å². The van der Waals surface area contributed by atoms with Crippen molar-refractivity contribution in [3.05, 3.63) is 65.5 Å². The highest BCUT2D eigenvalue weighted by atomic mass is 19.1. The van der Waals surface area contributed by atoms with Crippen molar-refractivity contribution in [1.82, 2.24) is 10.2 Å². The molecule has 1 saturated carbocycles. The van der Waals surface area contributed by atoms with Gasteiger partial charge in [0.05, 0.1) is 0 Å². The summed E-state index contributed by atoms with van der Waals surface area (Å²) in [5.41, 5.74) is 1.28. The van der Waals surface area contributed by atoms with Gasteiger partial charge in [0.2, 0.25) is 0 Å². The maximum absolute atomic E-state index is 13.1. The second-order valence-electron chi connectivity index (χ2n) is 6.63. The number of rotatable bonds is 7. The summed E-state index contributed by atoms with van der Waals surface area (Å²) in [5.74, 6) is -2.07. The van der Waals surface area contributed by atoms with E-state index in [9.17, 15) is 18.8 Å². The highest BCUT2D eigenvalue weighted by Crippen LogP contribution is 2.19. The Morgan fingerprint density at radius 3 is 2.46 bits per heavy atom. The first-order valence-corrected chi connectivity index (χ1v) is 8.84. The molecule has 1 aliphatic carbocycles. The van der Waals surface area contributed by atoms with Crippen molar-refractivity contribution in [2.45, 2.75) is 25.4 Å². The van der Waals surface area contributed by atoms with Crippen molar-refractivity contribution in [2.24, 2.45) is 0 Å². The molecule has 0 heterocycles. The third-order valence-electron chi connectivity index (χ3n) is 4.18. The van der Waals surface area contributed by atoms with Crippen molar-refractivity contribution in [3.8, 4) is 0 Å². The van der Waals surface area contributed by atoms with Crippen LogP contribution in [0, 0.1) is 5.82 Å². The summed E-state index contributed by atoms with van der Waals surface area (Å²) in [7, 11) is 0. The Kier molecular flexibility index (Phi) is 5.88. The normalized spacial score (nSPS) is 12.9. The lowest BCUT2D eigenvalue weighted by Gasteiger charge is -2.21. The zero-order valence-electron chi connectivity index (χ0n) is 15.0. The summed E-state index contributed by atoms with van der Waals surface area (Å²) in [6.07, 6.45) is 1.92. The van der Waals surface area contributed by atoms with Gasteiger partial charge < -0.3 is 20.6 Å². The first-order chi connectivity index (χ1) is 13.4. The van der Waals surface area contributed by atoms with Crippen LogP contribution in [-0.4, -0.2) is 40.5 Å². The maximum atomic E-state index is 13.1. The zero-order chi connectivity index (χ0) is 20.1. The second kappa shape index (κ2) is 8.51. The Bertz CT molecular complexity index is 881. The van der Waals surface area contributed by atoms with Gasteiger partial charge in [0.1, 0.15) is 12.4 Å². The van der Waals surface area contributed by atoms with Gasteiger partial charge in [-0.05, 0) is 48.7 Å². The predicted octanol–water partition coefficient (Wildman–Crippen LogP) is 2.84. The number of nitrogens with zero attached hydrogens (tertiary/aromatic N) is 1. The van der Waals surface area contributed by atoms with Gasteiger partial charge in [0, 0.05) is 23.8 Å². The standard InChI is InChI=1S/C20H20FN3O4/c21-15-6-4-13(5-7-15)11-24(12-18(25)26)19(27)14-2-1-3-17(10-14)23-20(28)22-16-8-9-16/h1-7,10,16H,8-9,11-12H2,(H,25,26)(H2,22,23,28). The smallest absolute Gasteiger partial charge is 0.323 e. The topological polar surface area (TPSA) is 98.7 Å². The highest BCUT2D eigenvalue weighted by molar-refractivity contribution is 5.98. The number of hydrogen-bond acceptors (Lipinski definition) is 3. The van der Waals surface area contributed by atoms with Gasteiger partial charge >= 0.3 is 12.0 Å². The molecule has 3 amide bonds. The number of carbonyl (C=O) groups is 3. The third kappa shape index (κ3) is 5.54. The molecule has 0 unspecified atom stereocenters. The fourth-order valence-corrected chi connectivity index (χ4v) is 2.67. The molecule has 0 radical (unpaired) electrons. The van der Waals surface area contributed by atoms with Crippen molar-refractivity contribution in [3.63, 3.8) is 0 Å². The quantitative estimate of drug-likeness (QED) is 0.682. The number of nitrogens with one attached hydrogen (secondary N) is 2.